The van der Waals surface area contributed by atoms with Gasteiger partial charge in [0.2, 0.25) is 5.88 Å². The number of nitrogens with two attached hydrogens (primary N) is 1. The molecule has 5 heteroatoms. The van der Waals surface area contributed by atoms with Gasteiger partial charge in [-0.1, -0.05) is 6.92 Å². The van der Waals surface area contributed by atoms with Crippen LogP contribution in [0.2, 0.25) is 0 Å². The molecule has 0 bridgehead atoms. The molecule has 5 nitrogen and oxygen atoms in total. The maximum absolute atomic E-state index is 5.80. The van der Waals surface area contributed by atoms with E-state index >= 15 is 0 Å². The van der Waals surface area contributed by atoms with Gasteiger partial charge in [0.1, 0.15) is 0 Å². The van der Waals surface area contributed by atoms with Crippen LogP contribution in [0.5, 0.6) is 5.88 Å². The van der Waals surface area contributed by atoms with E-state index in [9.17, 15) is 0 Å². The van der Waals surface area contributed by atoms with Crippen molar-refractivity contribution in [3.63, 3.8) is 0 Å². The summed E-state index contributed by atoms with van der Waals surface area (Å²) in [5, 5.41) is 0. The SMILES string of the molecule is COc1cncc(N2CCC(C)C2CN)n1. The minimum Gasteiger partial charge on any atom is -0.480 e. The summed E-state index contributed by atoms with van der Waals surface area (Å²) < 4.78 is 5.08. The second-order valence-corrected chi connectivity index (χ2v) is 4.18. The lowest BCUT2D eigenvalue weighted by Gasteiger charge is -2.26. The van der Waals surface area contributed by atoms with Gasteiger partial charge in [0.15, 0.2) is 5.82 Å². The molecule has 1 saturated heterocycles. The highest BCUT2D eigenvalue weighted by Crippen LogP contribution is 2.28. The van der Waals surface area contributed by atoms with E-state index in [-0.39, 0.29) is 0 Å². The van der Waals surface area contributed by atoms with Crippen LogP contribution in [-0.4, -0.2) is 36.2 Å². The zero-order valence-electron chi connectivity index (χ0n) is 9.76. The summed E-state index contributed by atoms with van der Waals surface area (Å²) in [6.45, 7) is 3.87. The number of aromatic nitrogens is 2. The lowest BCUT2D eigenvalue weighted by molar-refractivity contribution is 0.395. The third-order valence-electron chi connectivity index (χ3n) is 3.23. The quantitative estimate of drug-likeness (QED) is 0.814. The first kappa shape index (κ1) is 11.1. The Morgan fingerprint density at radius 3 is 3.06 bits per heavy atom. The monoisotopic (exact) mass is 222 g/mol. The van der Waals surface area contributed by atoms with E-state index in [2.05, 4.69) is 21.8 Å². The molecular formula is C11H18N4O. The highest BCUT2D eigenvalue weighted by molar-refractivity contribution is 5.41. The minimum absolute atomic E-state index is 0.362. The van der Waals surface area contributed by atoms with Crippen molar-refractivity contribution in [1.29, 1.82) is 0 Å². The standard InChI is InChI=1S/C11H18N4O/c1-8-3-4-15(9(8)5-12)10-6-13-7-11(14-10)16-2/h6-9H,3-5,12H2,1-2H3. The van der Waals surface area contributed by atoms with Crippen molar-refractivity contribution in [1.82, 2.24) is 9.97 Å². The van der Waals surface area contributed by atoms with Crippen molar-refractivity contribution in [2.24, 2.45) is 11.7 Å². The van der Waals surface area contributed by atoms with E-state index in [1.54, 1.807) is 19.5 Å². The summed E-state index contributed by atoms with van der Waals surface area (Å²) in [5.74, 6) is 2.02. The van der Waals surface area contributed by atoms with Gasteiger partial charge in [-0.15, -0.1) is 0 Å². The summed E-state index contributed by atoms with van der Waals surface area (Å²) >= 11 is 0. The average Bonchev–Trinajstić information content (AvgIpc) is 2.70. The van der Waals surface area contributed by atoms with E-state index in [0.29, 0.717) is 24.4 Å². The molecule has 16 heavy (non-hydrogen) atoms. The van der Waals surface area contributed by atoms with Crippen LogP contribution in [0, 0.1) is 5.92 Å². The van der Waals surface area contributed by atoms with Crippen molar-refractivity contribution < 1.29 is 4.74 Å². The Morgan fingerprint density at radius 2 is 2.38 bits per heavy atom. The lowest BCUT2D eigenvalue weighted by Crippen LogP contribution is -2.38. The van der Waals surface area contributed by atoms with Gasteiger partial charge in [-0.05, 0) is 12.3 Å². The fourth-order valence-electron chi connectivity index (χ4n) is 2.23. The summed E-state index contributed by atoms with van der Waals surface area (Å²) in [6.07, 6.45) is 4.53. The average molecular weight is 222 g/mol. The molecule has 1 aromatic rings. The maximum atomic E-state index is 5.80. The van der Waals surface area contributed by atoms with Gasteiger partial charge in [0.05, 0.1) is 19.5 Å². The first-order valence-corrected chi connectivity index (χ1v) is 5.59. The fourth-order valence-corrected chi connectivity index (χ4v) is 2.23. The van der Waals surface area contributed by atoms with Gasteiger partial charge in [-0.2, -0.15) is 4.98 Å². The molecule has 88 valence electrons. The van der Waals surface area contributed by atoms with Crippen LogP contribution in [0.25, 0.3) is 0 Å². The molecule has 2 heterocycles. The molecule has 1 aliphatic heterocycles. The molecule has 2 atom stereocenters. The van der Waals surface area contributed by atoms with Gasteiger partial charge in [0, 0.05) is 19.1 Å². The van der Waals surface area contributed by atoms with E-state index in [4.69, 9.17) is 10.5 Å². The van der Waals surface area contributed by atoms with Crippen LogP contribution < -0.4 is 15.4 Å². The topological polar surface area (TPSA) is 64.3 Å². The van der Waals surface area contributed by atoms with Crippen molar-refractivity contribution in [3.8, 4) is 5.88 Å². The molecular weight excluding hydrogens is 204 g/mol. The highest BCUT2D eigenvalue weighted by Gasteiger charge is 2.31. The fraction of sp³-hybridized carbons (Fsp3) is 0.636. The zero-order chi connectivity index (χ0) is 11.5. The molecule has 0 amide bonds. The van der Waals surface area contributed by atoms with Crippen molar-refractivity contribution >= 4 is 5.82 Å². The number of nitrogens with zero attached hydrogens (tertiary/aromatic N) is 3. The molecule has 1 fully saturated rings. The second-order valence-electron chi connectivity index (χ2n) is 4.18. The van der Waals surface area contributed by atoms with Crippen LogP contribution in [0.4, 0.5) is 5.82 Å². The Hall–Kier alpha value is -1.36. The Kier molecular flexibility index (Phi) is 3.24. The van der Waals surface area contributed by atoms with E-state index in [1.165, 1.54) is 0 Å². The summed E-state index contributed by atoms with van der Waals surface area (Å²) in [4.78, 5) is 10.7. The Bertz CT molecular complexity index is 358. The lowest BCUT2D eigenvalue weighted by atomic mass is 10.0. The third-order valence-corrected chi connectivity index (χ3v) is 3.23. The Morgan fingerprint density at radius 1 is 1.56 bits per heavy atom. The molecule has 1 aliphatic rings. The first-order chi connectivity index (χ1) is 7.76. The third kappa shape index (κ3) is 1.95. The van der Waals surface area contributed by atoms with Crippen LogP contribution >= 0.6 is 0 Å². The number of hydrogen-bond donors (Lipinski definition) is 1. The number of ether oxygens (including phenoxy) is 1. The van der Waals surface area contributed by atoms with Gasteiger partial charge in [-0.3, -0.25) is 4.98 Å². The second kappa shape index (κ2) is 4.65. The van der Waals surface area contributed by atoms with Gasteiger partial charge in [0.25, 0.3) is 0 Å². The highest BCUT2D eigenvalue weighted by atomic mass is 16.5. The van der Waals surface area contributed by atoms with Crippen molar-refractivity contribution in [3.05, 3.63) is 12.4 Å². The molecule has 2 N–H and O–H groups in total. The van der Waals surface area contributed by atoms with Gasteiger partial charge < -0.3 is 15.4 Å². The van der Waals surface area contributed by atoms with Crippen LogP contribution in [0.15, 0.2) is 12.4 Å². The number of hydrogen-bond acceptors (Lipinski definition) is 5. The predicted molar refractivity (Wildman–Crippen MR) is 62.6 cm³/mol. The Labute approximate surface area is 95.6 Å². The minimum atomic E-state index is 0.362. The first-order valence-electron chi connectivity index (χ1n) is 5.59. The number of methoxy groups -OCH3 is 1. The number of anilines is 1. The van der Waals surface area contributed by atoms with E-state index < -0.39 is 0 Å². The van der Waals surface area contributed by atoms with Gasteiger partial charge >= 0.3 is 0 Å². The predicted octanol–water partition coefficient (Wildman–Crippen LogP) is 0.659. The smallest absolute Gasteiger partial charge is 0.233 e. The molecule has 0 spiro atoms. The zero-order valence-corrected chi connectivity index (χ0v) is 9.76. The summed E-state index contributed by atoms with van der Waals surface area (Å²) in [5.41, 5.74) is 5.80. The normalized spacial score (nSPS) is 24.8. The van der Waals surface area contributed by atoms with Crippen molar-refractivity contribution in [2.75, 3.05) is 25.1 Å². The molecule has 0 radical (unpaired) electrons. The Balaban J connectivity index is 2.22. The van der Waals surface area contributed by atoms with E-state index in [0.717, 1.165) is 18.8 Å². The van der Waals surface area contributed by atoms with Crippen molar-refractivity contribution in [2.45, 2.75) is 19.4 Å². The number of rotatable bonds is 3. The van der Waals surface area contributed by atoms with Crippen LogP contribution in [-0.2, 0) is 0 Å². The molecule has 2 rings (SSSR count). The molecule has 0 saturated carbocycles. The largest absolute Gasteiger partial charge is 0.480 e. The van der Waals surface area contributed by atoms with Crippen LogP contribution in [0.1, 0.15) is 13.3 Å². The van der Waals surface area contributed by atoms with Gasteiger partial charge in [-0.25, -0.2) is 0 Å². The summed E-state index contributed by atoms with van der Waals surface area (Å²) in [7, 11) is 1.60. The van der Waals surface area contributed by atoms with E-state index in [1.807, 2.05) is 0 Å². The molecule has 0 aromatic carbocycles. The molecule has 0 aliphatic carbocycles. The maximum Gasteiger partial charge on any atom is 0.233 e. The van der Waals surface area contributed by atoms with Crippen LogP contribution in [0.3, 0.4) is 0 Å². The molecule has 1 aromatic heterocycles. The summed E-state index contributed by atoms with van der Waals surface area (Å²) in [6, 6.07) is 0.362. The molecule has 2 unspecified atom stereocenters.